The van der Waals surface area contributed by atoms with Crippen LogP contribution in [0.5, 0.6) is 0 Å². The van der Waals surface area contributed by atoms with Gasteiger partial charge in [0.2, 0.25) is 0 Å². The number of carbonyl (C=O) groups is 1. The maximum atomic E-state index is 12.8. The Balaban J connectivity index is 1.96. The average molecular weight is 358 g/mol. The Morgan fingerprint density at radius 2 is 1.60 bits per heavy atom. The quantitative estimate of drug-likeness (QED) is 0.843. The summed E-state index contributed by atoms with van der Waals surface area (Å²) >= 11 is 0. The zero-order chi connectivity index (χ0) is 18.2. The highest BCUT2D eigenvalue weighted by atomic mass is 32.2. The second-order valence-corrected chi connectivity index (χ2v) is 8.48. The van der Waals surface area contributed by atoms with Gasteiger partial charge in [0.25, 0.3) is 0 Å². The van der Waals surface area contributed by atoms with E-state index in [1.54, 1.807) is 36.2 Å². The first kappa shape index (κ1) is 17.5. The van der Waals surface area contributed by atoms with Gasteiger partial charge in [0, 0.05) is 7.05 Å². The van der Waals surface area contributed by atoms with Crippen molar-refractivity contribution in [2.45, 2.75) is 30.8 Å². The molecule has 2 amide bonds. The SMILES string of the molecule is Cc1ccc(S(=O)(=O)CN2C(=O)N(C)[C@H](C)[C@H]2c2ccccc2)cc1. The van der Waals surface area contributed by atoms with Gasteiger partial charge in [-0.15, -0.1) is 0 Å². The van der Waals surface area contributed by atoms with Crippen LogP contribution in [0.3, 0.4) is 0 Å². The van der Waals surface area contributed by atoms with Crippen LogP contribution in [0.15, 0.2) is 59.5 Å². The summed E-state index contributed by atoms with van der Waals surface area (Å²) in [5.41, 5.74) is 1.93. The van der Waals surface area contributed by atoms with Crippen molar-refractivity contribution in [3.05, 3.63) is 65.7 Å². The van der Waals surface area contributed by atoms with Gasteiger partial charge >= 0.3 is 6.03 Å². The van der Waals surface area contributed by atoms with Gasteiger partial charge in [-0.2, -0.15) is 0 Å². The average Bonchev–Trinajstić information content (AvgIpc) is 2.80. The third-order valence-electron chi connectivity index (χ3n) is 4.78. The number of hydrogen-bond acceptors (Lipinski definition) is 3. The predicted octanol–water partition coefficient (Wildman–Crippen LogP) is 3.22. The monoisotopic (exact) mass is 358 g/mol. The molecule has 1 aliphatic heterocycles. The molecule has 0 unspecified atom stereocenters. The zero-order valence-corrected chi connectivity index (χ0v) is 15.4. The van der Waals surface area contributed by atoms with E-state index in [9.17, 15) is 13.2 Å². The molecule has 0 aliphatic carbocycles. The largest absolute Gasteiger partial charge is 0.323 e. The molecule has 6 heteroatoms. The van der Waals surface area contributed by atoms with E-state index >= 15 is 0 Å². The Morgan fingerprint density at radius 3 is 2.20 bits per heavy atom. The smallest absolute Gasteiger partial charge is 0.321 e. The highest BCUT2D eigenvalue weighted by molar-refractivity contribution is 7.91. The van der Waals surface area contributed by atoms with Crippen LogP contribution in [0.25, 0.3) is 0 Å². The molecule has 0 bridgehead atoms. The second kappa shape index (κ2) is 6.52. The number of carbonyl (C=O) groups excluding carboxylic acids is 1. The molecule has 132 valence electrons. The van der Waals surface area contributed by atoms with Crippen molar-refractivity contribution in [1.82, 2.24) is 9.80 Å². The summed E-state index contributed by atoms with van der Waals surface area (Å²) in [5, 5.41) is 0. The molecule has 3 rings (SSSR count). The molecule has 1 saturated heterocycles. The number of hydrogen-bond donors (Lipinski definition) is 0. The van der Waals surface area contributed by atoms with Crippen LogP contribution < -0.4 is 0 Å². The summed E-state index contributed by atoms with van der Waals surface area (Å²) in [4.78, 5) is 15.9. The molecular weight excluding hydrogens is 336 g/mol. The molecule has 25 heavy (non-hydrogen) atoms. The summed E-state index contributed by atoms with van der Waals surface area (Å²) in [6, 6.07) is 15.6. The second-order valence-electron chi connectivity index (χ2n) is 6.52. The maximum absolute atomic E-state index is 12.8. The van der Waals surface area contributed by atoms with E-state index in [1.165, 1.54) is 4.90 Å². The van der Waals surface area contributed by atoms with Crippen LogP contribution in [0, 0.1) is 6.92 Å². The summed E-state index contributed by atoms with van der Waals surface area (Å²) < 4.78 is 25.6. The van der Waals surface area contributed by atoms with Crippen molar-refractivity contribution in [3.8, 4) is 0 Å². The Bertz CT molecular complexity index is 863. The molecule has 1 aliphatic rings. The first-order valence-electron chi connectivity index (χ1n) is 8.19. The normalized spacial score (nSPS) is 21.0. The van der Waals surface area contributed by atoms with E-state index in [4.69, 9.17) is 0 Å². The number of likely N-dealkylation sites (N-methyl/N-ethyl adjacent to an activating group) is 1. The lowest BCUT2D eigenvalue weighted by Gasteiger charge is -2.25. The van der Waals surface area contributed by atoms with Crippen LogP contribution in [-0.4, -0.2) is 43.2 Å². The molecule has 2 aromatic rings. The Hall–Kier alpha value is -2.34. The number of urea groups is 1. The molecule has 1 heterocycles. The lowest BCUT2D eigenvalue weighted by atomic mass is 10.0. The fourth-order valence-corrected chi connectivity index (χ4v) is 4.55. The van der Waals surface area contributed by atoms with Crippen LogP contribution in [-0.2, 0) is 9.84 Å². The fourth-order valence-electron chi connectivity index (χ4n) is 3.22. The third-order valence-corrected chi connectivity index (χ3v) is 6.39. The number of benzene rings is 2. The highest BCUT2D eigenvalue weighted by Crippen LogP contribution is 2.35. The number of nitrogens with zero attached hydrogens (tertiary/aromatic N) is 2. The predicted molar refractivity (Wildman–Crippen MR) is 96.9 cm³/mol. The molecular formula is C19H22N2O3S. The molecule has 2 aromatic carbocycles. The van der Waals surface area contributed by atoms with Crippen LogP contribution in [0.1, 0.15) is 24.1 Å². The van der Waals surface area contributed by atoms with Crippen molar-refractivity contribution in [2.24, 2.45) is 0 Å². The maximum Gasteiger partial charge on any atom is 0.321 e. The van der Waals surface area contributed by atoms with Crippen molar-refractivity contribution >= 4 is 15.9 Å². The number of aryl methyl sites for hydroxylation is 1. The van der Waals surface area contributed by atoms with E-state index in [1.807, 2.05) is 44.2 Å². The van der Waals surface area contributed by atoms with Crippen molar-refractivity contribution in [3.63, 3.8) is 0 Å². The van der Waals surface area contributed by atoms with Crippen LogP contribution in [0.2, 0.25) is 0 Å². The molecule has 5 nitrogen and oxygen atoms in total. The van der Waals surface area contributed by atoms with Crippen LogP contribution >= 0.6 is 0 Å². The molecule has 0 radical (unpaired) electrons. The number of rotatable bonds is 4. The molecule has 0 aromatic heterocycles. The summed E-state index contributed by atoms with van der Waals surface area (Å²) in [7, 11) is -1.89. The minimum Gasteiger partial charge on any atom is -0.323 e. The summed E-state index contributed by atoms with van der Waals surface area (Å²) in [6.45, 7) is 3.84. The number of amides is 2. The summed E-state index contributed by atoms with van der Waals surface area (Å²) in [5.74, 6) is -0.330. The molecule has 2 atom stereocenters. The molecule has 0 saturated carbocycles. The first-order valence-corrected chi connectivity index (χ1v) is 9.84. The van der Waals surface area contributed by atoms with Gasteiger partial charge < -0.3 is 9.80 Å². The van der Waals surface area contributed by atoms with Gasteiger partial charge in [0.15, 0.2) is 9.84 Å². The number of sulfone groups is 1. The first-order chi connectivity index (χ1) is 11.8. The van der Waals surface area contributed by atoms with Gasteiger partial charge in [-0.1, -0.05) is 48.0 Å². The van der Waals surface area contributed by atoms with Crippen LogP contribution in [0.4, 0.5) is 4.79 Å². The molecule has 0 N–H and O–H groups in total. The van der Waals surface area contributed by atoms with Gasteiger partial charge in [-0.3, -0.25) is 0 Å². The van der Waals surface area contributed by atoms with Gasteiger partial charge in [-0.25, -0.2) is 13.2 Å². The minimum absolute atomic E-state index is 0.108. The Kier molecular flexibility index (Phi) is 4.56. The lowest BCUT2D eigenvalue weighted by molar-refractivity contribution is 0.197. The zero-order valence-electron chi connectivity index (χ0n) is 14.6. The van der Waals surface area contributed by atoms with E-state index in [-0.39, 0.29) is 28.9 Å². The molecule has 1 fully saturated rings. The lowest BCUT2D eigenvalue weighted by Crippen LogP contribution is -2.35. The summed E-state index contributed by atoms with van der Waals surface area (Å²) in [6.07, 6.45) is 0. The van der Waals surface area contributed by atoms with Crippen molar-refractivity contribution in [2.75, 3.05) is 12.9 Å². The minimum atomic E-state index is -3.60. The molecule has 0 spiro atoms. The van der Waals surface area contributed by atoms with E-state index in [2.05, 4.69) is 0 Å². The third kappa shape index (κ3) is 3.26. The van der Waals surface area contributed by atoms with Crippen molar-refractivity contribution in [1.29, 1.82) is 0 Å². The van der Waals surface area contributed by atoms with Crippen molar-refractivity contribution < 1.29 is 13.2 Å². The van der Waals surface area contributed by atoms with Gasteiger partial charge in [-0.05, 0) is 31.5 Å². The fraction of sp³-hybridized carbons (Fsp3) is 0.316. The standard InChI is InChI=1S/C19H22N2O3S/c1-14-9-11-17(12-10-14)25(23,24)13-21-18(15(2)20(3)19(21)22)16-7-5-4-6-8-16/h4-12,15,18H,13H2,1-3H3/t15-,18+/m1/s1. The topological polar surface area (TPSA) is 57.7 Å². The Morgan fingerprint density at radius 1 is 1.00 bits per heavy atom. The van der Waals surface area contributed by atoms with E-state index in [0.29, 0.717) is 0 Å². The van der Waals surface area contributed by atoms with E-state index in [0.717, 1.165) is 11.1 Å². The highest BCUT2D eigenvalue weighted by Gasteiger charge is 2.43. The van der Waals surface area contributed by atoms with Gasteiger partial charge in [0.05, 0.1) is 17.0 Å². The Labute approximate surface area is 148 Å². The van der Waals surface area contributed by atoms with Gasteiger partial charge in [0.1, 0.15) is 5.88 Å². The van der Waals surface area contributed by atoms with E-state index < -0.39 is 9.84 Å².